The lowest BCUT2D eigenvalue weighted by molar-refractivity contribution is 0.0921. The third-order valence-electron chi connectivity index (χ3n) is 3.10. The summed E-state index contributed by atoms with van der Waals surface area (Å²) in [6.07, 6.45) is 0. The van der Waals surface area contributed by atoms with E-state index in [9.17, 15) is 4.79 Å². The molecule has 0 aliphatic rings. The summed E-state index contributed by atoms with van der Waals surface area (Å²) in [5, 5.41) is 15.8. The van der Waals surface area contributed by atoms with Crippen LogP contribution in [0.2, 0.25) is 0 Å². The number of furan rings is 1. The van der Waals surface area contributed by atoms with Crippen molar-refractivity contribution in [2.45, 2.75) is 0 Å². The Balaban J connectivity index is 1.48. The Kier molecular flexibility index (Phi) is 4.73. The number of hydroxylamine groups is 1. The van der Waals surface area contributed by atoms with E-state index in [-0.39, 0.29) is 41.4 Å². The van der Waals surface area contributed by atoms with Gasteiger partial charge in [0.1, 0.15) is 12.2 Å². The van der Waals surface area contributed by atoms with Crippen LogP contribution in [0.25, 0.3) is 11.0 Å². The summed E-state index contributed by atoms with van der Waals surface area (Å²) < 4.78 is 15.6. The van der Waals surface area contributed by atoms with Crippen LogP contribution in [-0.4, -0.2) is 34.4 Å². The van der Waals surface area contributed by atoms with Crippen molar-refractivity contribution >= 4 is 34.1 Å². The van der Waals surface area contributed by atoms with E-state index in [1.165, 1.54) is 6.07 Å². The molecule has 0 bridgehead atoms. The van der Waals surface area contributed by atoms with Crippen LogP contribution in [0, 0.1) is 0 Å². The van der Waals surface area contributed by atoms with Gasteiger partial charge in [-0.1, -0.05) is 30.4 Å². The first-order valence-corrected chi connectivity index (χ1v) is 7.39. The molecule has 0 aliphatic carbocycles. The van der Waals surface area contributed by atoms with Crippen LogP contribution in [0.1, 0.15) is 16.3 Å². The molecule has 8 nitrogen and oxygen atoms in total. The molecule has 0 fully saturated rings. The largest absolute Gasteiger partial charge is 0.474 e. The predicted molar refractivity (Wildman–Crippen MR) is 87.2 cm³/mol. The number of carbonyl (C=O) groups is 1. The van der Waals surface area contributed by atoms with Crippen molar-refractivity contribution in [1.82, 2.24) is 16.0 Å². The topological polar surface area (TPSA) is 110 Å². The van der Waals surface area contributed by atoms with E-state index in [0.717, 1.165) is 5.39 Å². The molecule has 0 aliphatic heterocycles. The number of ether oxygens (including phenoxy) is 1. The molecule has 1 aromatic carbocycles. The Bertz CT molecular complexity index is 840. The molecule has 2 aromatic heterocycles. The lowest BCUT2D eigenvalue weighted by atomic mass is 10.2. The monoisotopic (exact) mass is 347 g/mol. The van der Waals surface area contributed by atoms with Gasteiger partial charge in [-0.25, -0.2) is 0 Å². The summed E-state index contributed by atoms with van der Waals surface area (Å²) in [6, 6.07) is 10.5. The van der Waals surface area contributed by atoms with Crippen molar-refractivity contribution in [3.05, 3.63) is 47.9 Å². The first-order valence-electron chi connectivity index (χ1n) is 6.98. The average molecular weight is 347 g/mol. The fourth-order valence-electron chi connectivity index (χ4n) is 1.99. The second-order valence-corrected chi connectivity index (χ2v) is 5.13. The number of nitrogens with zero attached hydrogens (tertiary/aromatic N) is 1. The van der Waals surface area contributed by atoms with E-state index in [2.05, 4.69) is 10.5 Å². The highest BCUT2D eigenvalue weighted by atomic mass is 32.1. The molecule has 0 saturated carbocycles. The maximum atomic E-state index is 12.0. The smallest absolute Gasteiger partial charge is 0.287 e. The van der Waals surface area contributed by atoms with Gasteiger partial charge >= 0.3 is 0 Å². The molecule has 0 unspecified atom stereocenters. The second-order valence-electron chi connectivity index (χ2n) is 4.72. The summed E-state index contributed by atoms with van der Waals surface area (Å²) >= 11 is 4.77. The minimum atomic E-state index is -0.332. The van der Waals surface area contributed by atoms with E-state index >= 15 is 0 Å². The standard InChI is InChI=1S/C15H13N3O5S/c19-14(11-7-9-3-1-2-4-10(9)22-11)16-5-6-21-13-8-12(23-18-13)15(24)17-20/h1-4,7-8,20H,5-6H2,(H,16,19)(H,17,24). The average Bonchev–Trinajstić information content (AvgIpc) is 3.24. The van der Waals surface area contributed by atoms with Crippen molar-refractivity contribution in [3.8, 4) is 5.88 Å². The predicted octanol–water partition coefficient (Wildman–Crippen LogP) is 1.88. The van der Waals surface area contributed by atoms with Crippen LogP contribution in [0.4, 0.5) is 0 Å². The molecule has 1 amide bonds. The number of nitrogens with one attached hydrogen (secondary N) is 2. The normalized spacial score (nSPS) is 10.5. The number of carbonyl (C=O) groups excluding carboxylic acids is 1. The summed E-state index contributed by atoms with van der Waals surface area (Å²) in [5.74, 6) is 0.273. The van der Waals surface area contributed by atoms with Gasteiger partial charge in [0.2, 0.25) is 0 Å². The zero-order valence-electron chi connectivity index (χ0n) is 12.3. The molecule has 3 rings (SSSR count). The molecule has 3 aromatic rings. The highest BCUT2D eigenvalue weighted by molar-refractivity contribution is 7.80. The highest BCUT2D eigenvalue weighted by Crippen LogP contribution is 2.18. The number of amides is 1. The Hall–Kier alpha value is -2.91. The second kappa shape index (κ2) is 7.11. The van der Waals surface area contributed by atoms with Crippen molar-refractivity contribution in [1.29, 1.82) is 0 Å². The van der Waals surface area contributed by atoms with Crippen LogP contribution < -0.4 is 15.5 Å². The van der Waals surface area contributed by atoms with Crippen LogP contribution in [0.3, 0.4) is 0 Å². The number of benzene rings is 1. The number of hydrogen-bond acceptors (Lipinski definition) is 7. The molecule has 0 spiro atoms. The summed E-state index contributed by atoms with van der Waals surface area (Å²) in [6.45, 7) is 0.429. The van der Waals surface area contributed by atoms with Crippen LogP contribution in [-0.2, 0) is 0 Å². The quantitative estimate of drug-likeness (QED) is 0.352. The highest BCUT2D eigenvalue weighted by Gasteiger charge is 2.12. The lowest BCUT2D eigenvalue weighted by Crippen LogP contribution is -2.27. The Morgan fingerprint density at radius 3 is 2.92 bits per heavy atom. The van der Waals surface area contributed by atoms with Crippen molar-refractivity contribution in [2.24, 2.45) is 0 Å². The van der Waals surface area contributed by atoms with Crippen LogP contribution in [0.5, 0.6) is 5.88 Å². The molecule has 9 heteroatoms. The molecule has 3 N–H and O–H groups in total. The Morgan fingerprint density at radius 1 is 1.29 bits per heavy atom. The molecular weight excluding hydrogens is 334 g/mol. The van der Waals surface area contributed by atoms with Gasteiger partial charge in [0, 0.05) is 5.39 Å². The van der Waals surface area contributed by atoms with E-state index in [1.54, 1.807) is 17.6 Å². The first kappa shape index (κ1) is 16.0. The zero-order chi connectivity index (χ0) is 16.9. The zero-order valence-corrected chi connectivity index (χ0v) is 13.1. The summed E-state index contributed by atoms with van der Waals surface area (Å²) in [4.78, 5) is 12.0. The number of fused-ring (bicyclic) bond motifs is 1. The maximum Gasteiger partial charge on any atom is 0.287 e. The van der Waals surface area contributed by atoms with Gasteiger partial charge in [0.25, 0.3) is 11.8 Å². The molecule has 24 heavy (non-hydrogen) atoms. The van der Waals surface area contributed by atoms with Gasteiger partial charge in [0.15, 0.2) is 16.5 Å². The lowest BCUT2D eigenvalue weighted by Gasteiger charge is -2.03. The fourth-order valence-corrected chi connectivity index (χ4v) is 2.09. The van der Waals surface area contributed by atoms with Crippen molar-refractivity contribution in [2.75, 3.05) is 13.2 Å². The van der Waals surface area contributed by atoms with Gasteiger partial charge in [0.05, 0.1) is 12.6 Å². The van der Waals surface area contributed by atoms with Gasteiger partial charge in [-0.15, -0.1) is 0 Å². The summed E-state index contributed by atoms with van der Waals surface area (Å²) in [5.41, 5.74) is 2.44. The minimum absolute atomic E-state index is 0.00413. The van der Waals surface area contributed by atoms with E-state index in [4.69, 9.17) is 31.1 Å². The number of para-hydroxylation sites is 1. The molecule has 0 atom stereocenters. The van der Waals surface area contributed by atoms with E-state index in [1.807, 2.05) is 18.2 Å². The Morgan fingerprint density at radius 2 is 2.12 bits per heavy atom. The van der Waals surface area contributed by atoms with Gasteiger partial charge < -0.3 is 19.0 Å². The van der Waals surface area contributed by atoms with Crippen LogP contribution >= 0.6 is 12.2 Å². The summed E-state index contributed by atoms with van der Waals surface area (Å²) in [7, 11) is 0. The van der Waals surface area contributed by atoms with Crippen molar-refractivity contribution < 1.29 is 23.7 Å². The Labute approximate surface area is 141 Å². The minimum Gasteiger partial charge on any atom is -0.474 e. The SMILES string of the molecule is O=C(NCCOc1cc(C(=S)NO)on1)c1cc2ccccc2o1. The molecule has 124 valence electrons. The first-order chi connectivity index (χ1) is 11.7. The van der Waals surface area contributed by atoms with E-state index < -0.39 is 0 Å². The van der Waals surface area contributed by atoms with Crippen LogP contribution in [0.15, 0.2) is 45.3 Å². The molecule has 0 radical (unpaired) electrons. The van der Waals surface area contributed by atoms with Gasteiger partial charge in [-0.3, -0.25) is 15.5 Å². The molecule has 2 heterocycles. The fraction of sp³-hybridized carbons (Fsp3) is 0.133. The number of thiocarbonyl (C=S) groups is 1. The third-order valence-corrected chi connectivity index (χ3v) is 3.39. The van der Waals surface area contributed by atoms with Gasteiger partial charge in [-0.2, -0.15) is 0 Å². The number of rotatable bonds is 6. The molecule has 0 saturated heterocycles. The molecular formula is C15H13N3O5S. The van der Waals surface area contributed by atoms with Gasteiger partial charge in [-0.05, 0) is 17.3 Å². The maximum absolute atomic E-state index is 12.0. The number of hydrogen-bond donors (Lipinski definition) is 3. The third kappa shape index (κ3) is 3.53. The van der Waals surface area contributed by atoms with E-state index in [0.29, 0.717) is 5.58 Å². The number of aromatic nitrogens is 1. The van der Waals surface area contributed by atoms with Crippen molar-refractivity contribution in [3.63, 3.8) is 0 Å².